The van der Waals surface area contributed by atoms with Crippen molar-refractivity contribution in [1.29, 1.82) is 0 Å². The van der Waals surface area contributed by atoms with Crippen LogP contribution in [0, 0.1) is 0 Å². The molecule has 4 rings (SSSR count). The quantitative estimate of drug-likeness (QED) is 0.395. The van der Waals surface area contributed by atoms with Crippen molar-refractivity contribution in [2.45, 2.75) is 57.1 Å². The largest absolute Gasteiger partial charge is 0.387 e. The number of hydrogen-bond donors (Lipinski definition) is 4. The molecular formula is C24H28F2N6O2. The normalized spacial score (nSPS) is 19.1. The molecule has 1 aliphatic rings. The van der Waals surface area contributed by atoms with Gasteiger partial charge in [-0.05, 0) is 51.3 Å². The highest BCUT2D eigenvalue weighted by atomic mass is 19.1. The number of benzene rings is 1. The Morgan fingerprint density at radius 1 is 1.18 bits per heavy atom. The van der Waals surface area contributed by atoms with Gasteiger partial charge in [0.1, 0.15) is 18.2 Å². The number of fused-ring (bicyclic) bond motifs is 1. The van der Waals surface area contributed by atoms with E-state index < -0.39 is 29.9 Å². The Morgan fingerprint density at radius 3 is 2.65 bits per heavy atom. The van der Waals surface area contributed by atoms with E-state index in [4.69, 9.17) is 0 Å². The summed E-state index contributed by atoms with van der Waals surface area (Å²) in [7, 11) is 0. The Bertz CT molecular complexity index is 1170. The maximum absolute atomic E-state index is 14.3. The molecule has 3 aromatic rings. The minimum Gasteiger partial charge on any atom is -0.387 e. The van der Waals surface area contributed by atoms with Crippen LogP contribution in [-0.4, -0.2) is 56.5 Å². The van der Waals surface area contributed by atoms with E-state index >= 15 is 0 Å². The highest BCUT2D eigenvalue weighted by Crippen LogP contribution is 2.29. The summed E-state index contributed by atoms with van der Waals surface area (Å²) in [5.74, 6) is -0.126. The number of carbonyl (C=O) groups excluding carboxylic acids is 1. The molecule has 10 heteroatoms. The zero-order valence-electron chi connectivity index (χ0n) is 19.1. The number of halogens is 2. The molecule has 1 aromatic carbocycles. The smallest absolute Gasteiger partial charge is 0.255 e. The van der Waals surface area contributed by atoms with Crippen molar-refractivity contribution >= 4 is 34.1 Å². The third-order valence-corrected chi connectivity index (χ3v) is 5.87. The van der Waals surface area contributed by atoms with Crippen LogP contribution in [0.15, 0.2) is 42.9 Å². The van der Waals surface area contributed by atoms with Gasteiger partial charge in [-0.15, -0.1) is 0 Å². The number of amides is 1. The first-order valence-corrected chi connectivity index (χ1v) is 11.2. The van der Waals surface area contributed by atoms with E-state index in [9.17, 15) is 18.7 Å². The van der Waals surface area contributed by atoms with E-state index in [1.165, 1.54) is 20.0 Å². The predicted molar refractivity (Wildman–Crippen MR) is 127 cm³/mol. The third kappa shape index (κ3) is 5.56. The summed E-state index contributed by atoms with van der Waals surface area (Å²) in [4.78, 5) is 25.7. The number of aliphatic hydroxyl groups is 1. The van der Waals surface area contributed by atoms with Gasteiger partial charge in [0.2, 0.25) is 0 Å². The Morgan fingerprint density at radius 2 is 1.94 bits per heavy atom. The van der Waals surface area contributed by atoms with Crippen molar-refractivity contribution in [3.05, 3.63) is 48.4 Å². The first-order chi connectivity index (χ1) is 16.2. The van der Waals surface area contributed by atoms with Gasteiger partial charge in [-0.25, -0.2) is 13.8 Å². The molecule has 0 bridgehead atoms. The van der Waals surface area contributed by atoms with Crippen molar-refractivity contribution in [2.75, 3.05) is 17.2 Å². The topological polar surface area (TPSA) is 112 Å². The molecule has 1 amide bonds. The Hall–Kier alpha value is -3.40. The molecule has 1 fully saturated rings. The van der Waals surface area contributed by atoms with Crippen LogP contribution in [0.2, 0.25) is 0 Å². The van der Waals surface area contributed by atoms with Gasteiger partial charge in [-0.1, -0.05) is 0 Å². The van der Waals surface area contributed by atoms with Crippen molar-refractivity contribution in [1.82, 2.24) is 20.3 Å². The Labute approximate surface area is 196 Å². The minimum absolute atomic E-state index is 0.164. The van der Waals surface area contributed by atoms with Gasteiger partial charge in [-0.2, -0.15) is 0 Å². The lowest BCUT2D eigenvalue weighted by molar-refractivity contribution is -0.00177. The van der Waals surface area contributed by atoms with E-state index in [2.05, 4.69) is 30.9 Å². The van der Waals surface area contributed by atoms with Gasteiger partial charge in [-0.3, -0.25) is 14.8 Å². The summed E-state index contributed by atoms with van der Waals surface area (Å²) in [5, 5.41) is 18.6. The molecular weight excluding hydrogens is 442 g/mol. The number of nitrogens with zero attached hydrogens (tertiary/aromatic N) is 3. The minimum atomic E-state index is -1.65. The maximum atomic E-state index is 14.3. The fourth-order valence-electron chi connectivity index (χ4n) is 3.82. The molecule has 0 radical (unpaired) electrons. The maximum Gasteiger partial charge on any atom is 0.255 e. The summed E-state index contributed by atoms with van der Waals surface area (Å²) >= 11 is 0. The summed E-state index contributed by atoms with van der Waals surface area (Å²) in [6, 6.07) is 6.68. The second-order valence-electron chi connectivity index (χ2n) is 9.03. The number of nitrogens with one attached hydrogen (secondary N) is 3. The van der Waals surface area contributed by atoms with Crippen LogP contribution < -0.4 is 16.0 Å². The average molecular weight is 471 g/mol. The summed E-state index contributed by atoms with van der Waals surface area (Å²) in [6.45, 7) is 2.30. The van der Waals surface area contributed by atoms with Crippen LogP contribution in [-0.2, 0) is 0 Å². The van der Waals surface area contributed by atoms with Crippen molar-refractivity contribution in [3.8, 4) is 0 Å². The van der Waals surface area contributed by atoms with Crippen molar-refractivity contribution in [2.24, 2.45) is 0 Å². The van der Waals surface area contributed by atoms with Crippen molar-refractivity contribution in [3.63, 3.8) is 0 Å². The molecule has 8 nitrogen and oxygen atoms in total. The van der Waals surface area contributed by atoms with Crippen LogP contribution in [0.5, 0.6) is 0 Å². The van der Waals surface area contributed by atoms with Gasteiger partial charge in [0, 0.05) is 30.3 Å². The standard InChI is InChI=1S/C24H28F2N6O2/c1-24(2,34)21(26)13-30-23(33)15-12-29-22(11-19(15)32-17-5-3-4-16(17)25)31-14-6-7-18-20(10-14)28-9-8-27-18/h6-12,16-17,21,34H,3-5,13H2,1-2H3,(H,30,33)(H2,29,31,32). The molecule has 3 unspecified atom stereocenters. The second-order valence-corrected chi connectivity index (χ2v) is 9.03. The number of rotatable bonds is 8. The molecule has 0 spiro atoms. The first kappa shape index (κ1) is 23.7. The van der Waals surface area contributed by atoms with Crippen LogP contribution in [0.25, 0.3) is 11.0 Å². The van der Waals surface area contributed by atoms with Crippen LogP contribution in [0.3, 0.4) is 0 Å². The number of hydrogen-bond acceptors (Lipinski definition) is 7. The molecule has 4 N–H and O–H groups in total. The summed E-state index contributed by atoms with van der Waals surface area (Å²) in [5.41, 5.74) is 1.15. The van der Waals surface area contributed by atoms with Gasteiger partial charge < -0.3 is 21.1 Å². The fraction of sp³-hybridized carbons (Fsp3) is 0.417. The number of pyridine rings is 1. The lowest BCUT2D eigenvalue weighted by Crippen LogP contribution is -2.42. The van der Waals surface area contributed by atoms with E-state index in [0.717, 1.165) is 17.6 Å². The molecule has 0 aliphatic heterocycles. The molecule has 3 atom stereocenters. The molecule has 34 heavy (non-hydrogen) atoms. The van der Waals surface area contributed by atoms with Gasteiger partial charge in [0.15, 0.2) is 0 Å². The van der Waals surface area contributed by atoms with E-state index in [1.54, 1.807) is 18.5 Å². The number of aromatic nitrogens is 3. The second kappa shape index (κ2) is 9.84. The van der Waals surface area contributed by atoms with Crippen LogP contribution in [0.1, 0.15) is 43.5 Å². The zero-order valence-corrected chi connectivity index (χ0v) is 19.1. The van der Waals surface area contributed by atoms with Gasteiger partial charge in [0.05, 0.1) is 40.5 Å². The zero-order chi connectivity index (χ0) is 24.3. The molecule has 2 aromatic heterocycles. The van der Waals surface area contributed by atoms with Crippen LogP contribution >= 0.6 is 0 Å². The molecule has 180 valence electrons. The number of anilines is 3. The lowest BCUT2D eigenvalue weighted by atomic mass is 10.0. The van der Waals surface area contributed by atoms with E-state index in [0.29, 0.717) is 29.9 Å². The lowest BCUT2D eigenvalue weighted by Gasteiger charge is -2.23. The highest BCUT2D eigenvalue weighted by Gasteiger charge is 2.29. The monoisotopic (exact) mass is 470 g/mol. The summed E-state index contributed by atoms with van der Waals surface area (Å²) < 4.78 is 28.4. The number of alkyl halides is 2. The van der Waals surface area contributed by atoms with Crippen LogP contribution in [0.4, 0.5) is 26.0 Å². The molecule has 1 aliphatic carbocycles. The van der Waals surface area contributed by atoms with E-state index in [1.807, 2.05) is 18.2 Å². The highest BCUT2D eigenvalue weighted by molar-refractivity contribution is 6.00. The SMILES string of the molecule is CC(C)(O)C(F)CNC(=O)c1cnc(Nc2ccc3nccnc3c2)cc1NC1CCCC1F. The fourth-order valence-corrected chi connectivity index (χ4v) is 3.82. The predicted octanol–water partition coefficient (Wildman–Crippen LogP) is 3.91. The van der Waals surface area contributed by atoms with E-state index in [-0.39, 0.29) is 12.1 Å². The molecule has 0 saturated heterocycles. The first-order valence-electron chi connectivity index (χ1n) is 11.2. The third-order valence-electron chi connectivity index (χ3n) is 5.87. The van der Waals surface area contributed by atoms with Gasteiger partial charge in [0.25, 0.3) is 5.91 Å². The summed E-state index contributed by atoms with van der Waals surface area (Å²) in [6.07, 6.45) is 3.77. The number of carbonyl (C=O) groups is 1. The van der Waals surface area contributed by atoms with Gasteiger partial charge >= 0.3 is 0 Å². The average Bonchev–Trinajstić information content (AvgIpc) is 3.21. The molecule has 1 saturated carbocycles. The molecule has 2 heterocycles. The Balaban J connectivity index is 1.57. The van der Waals surface area contributed by atoms with Crippen molar-refractivity contribution < 1.29 is 18.7 Å². The Kier molecular flexibility index (Phi) is 6.87.